The second-order valence-electron chi connectivity index (χ2n) is 4.53. The summed E-state index contributed by atoms with van der Waals surface area (Å²) in [6, 6.07) is 4.86. The Morgan fingerprint density at radius 1 is 1.32 bits per heavy atom. The summed E-state index contributed by atoms with van der Waals surface area (Å²) in [6.45, 7) is 0.766. The molecule has 1 aromatic carbocycles. The Kier molecular flexibility index (Phi) is 4.32. The van der Waals surface area contributed by atoms with Crippen molar-refractivity contribution in [1.82, 2.24) is 4.90 Å². The van der Waals surface area contributed by atoms with Gasteiger partial charge < -0.3 is 10.0 Å². The number of benzene rings is 1. The van der Waals surface area contributed by atoms with Crippen LogP contribution in [0.25, 0.3) is 0 Å². The molecule has 102 valence electrons. The first kappa shape index (κ1) is 14.2. The van der Waals surface area contributed by atoms with Gasteiger partial charge in [0.15, 0.2) is 0 Å². The Bertz CT molecular complexity index is 519. The van der Waals surface area contributed by atoms with E-state index in [0.717, 1.165) is 0 Å². The highest BCUT2D eigenvalue weighted by molar-refractivity contribution is 6.43. The minimum atomic E-state index is -0.866. The van der Waals surface area contributed by atoms with Crippen molar-refractivity contribution < 1.29 is 14.7 Å². The minimum absolute atomic E-state index is 0.214. The van der Waals surface area contributed by atoms with Gasteiger partial charge in [-0.05, 0) is 25.0 Å². The van der Waals surface area contributed by atoms with Crippen molar-refractivity contribution in [3.8, 4) is 0 Å². The van der Waals surface area contributed by atoms with E-state index in [9.17, 15) is 9.59 Å². The van der Waals surface area contributed by atoms with Gasteiger partial charge in [0, 0.05) is 13.1 Å². The molecule has 19 heavy (non-hydrogen) atoms. The van der Waals surface area contributed by atoms with Gasteiger partial charge in [-0.2, -0.15) is 0 Å². The topological polar surface area (TPSA) is 57.6 Å². The Labute approximate surface area is 120 Å². The van der Waals surface area contributed by atoms with E-state index in [0.29, 0.717) is 30.0 Å². The lowest BCUT2D eigenvalue weighted by Gasteiger charge is -2.31. The molecule has 6 heteroatoms. The number of piperidine rings is 1. The second kappa shape index (κ2) is 5.80. The van der Waals surface area contributed by atoms with Gasteiger partial charge in [-0.3, -0.25) is 9.59 Å². The van der Waals surface area contributed by atoms with Crippen molar-refractivity contribution in [2.75, 3.05) is 13.1 Å². The lowest BCUT2D eigenvalue weighted by atomic mass is 9.97. The fourth-order valence-corrected chi connectivity index (χ4v) is 2.58. The van der Waals surface area contributed by atoms with E-state index in [-0.39, 0.29) is 17.5 Å². The fraction of sp³-hybridized carbons (Fsp3) is 0.385. The van der Waals surface area contributed by atoms with Crippen LogP contribution in [-0.4, -0.2) is 35.0 Å². The maximum absolute atomic E-state index is 12.3. The number of rotatable bonds is 2. The molecule has 1 fully saturated rings. The lowest BCUT2D eigenvalue weighted by Crippen LogP contribution is -2.42. The number of hydrogen-bond donors (Lipinski definition) is 1. The van der Waals surface area contributed by atoms with Crippen molar-refractivity contribution in [3.63, 3.8) is 0 Å². The van der Waals surface area contributed by atoms with Gasteiger partial charge in [0.25, 0.3) is 5.91 Å². The van der Waals surface area contributed by atoms with Crippen LogP contribution in [0, 0.1) is 5.92 Å². The molecule has 0 unspecified atom stereocenters. The highest BCUT2D eigenvalue weighted by atomic mass is 35.5. The molecule has 1 saturated heterocycles. The smallest absolute Gasteiger partial charge is 0.308 e. The molecular formula is C13H13Cl2NO3. The van der Waals surface area contributed by atoms with Crippen molar-refractivity contribution in [3.05, 3.63) is 33.8 Å². The maximum Gasteiger partial charge on any atom is 0.308 e. The molecule has 0 spiro atoms. The molecule has 0 aromatic heterocycles. The standard InChI is InChI=1S/C13H13Cl2NO3/c14-10-5-1-4-9(11(10)15)12(17)16-6-2-3-8(7-16)13(18)19/h1,4-5,8H,2-3,6-7H2,(H,18,19)/t8-/m0/s1. The van der Waals surface area contributed by atoms with E-state index >= 15 is 0 Å². The first-order chi connectivity index (χ1) is 9.00. The maximum atomic E-state index is 12.3. The van der Waals surface area contributed by atoms with Gasteiger partial charge in [0.2, 0.25) is 0 Å². The number of carbonyl (C=O) groups is 2. The van der Waals surface area contributed by atoms with Crippen LogP contribution >= 0.6 is 23.2 Å². The molecule has 1 N–H and O–H groups in total. The quantitative estimate of drug-likeness (QED) is 0.914. The second-order valence-corrected chi connectivity index (χ2v) is 5.32. The third kappa shape index (κ3) is 3.01. The average molecular weight is 302 g/mol. The summed E-state index contributed by atoms with van der Waals surface area (Å²) in [7, 11) is 0. The SMILES string of the molecule is O=C(O)[C@H]1CCCN(C(=O)c2cccc(Cl)c2Cl)C1. The molecule has 0 saturated carbocycles. The predicted octanol–water partition coefficient (Wildman–Crippen LogP) is 2.93. The molecule has 1 aromatic rings. The van der Waals surface area contributed by atoms with Gasteiger partial charge in [-0.25, -0.2) is 0 Å². The summed E-state index contributed by atoms with van der Waals surface area (Å²) in [4.78, 5) is 24.9. The van der Waals surface area contributed by atoms with Crippen LogP contribution in [-0.2, 0) is 4.79 Å². The Hall–Kier alpha value is -1.26. The number of halogens is 2. The normalized spacial score (nSPS) is 19.3. The molecule has 1 amide bonds. The number of likely N-dealkylation sites (tertiary alicyclic amines) is 1. The molecule has 0 aliphatic carbocycles. The third-order valence-corrected chi connectivity index (χ3v) is 4.06. The molecular weight excluding hydrogens is 289 g/mol. The summed E-state index contributed by atoms with van der Waals surface area (Å²) >= 11 is 11.9. The fourth-order valence-electron chi connectivity index (χ4n) is 2.20. The number of carboxylic acid groups (broad SMARTS) is 1. The molecule has 2 rings (SSSR count). The number of carboxylic acids is 1. The van der Waals surface area contributed by atoms with Crippen LogP contribution in [0.4, 0.5) is 0 Å². The number of nitrogens with zero attached hydrogens (tertiary/aromatic N) is 1. The van der Waals surface area contributed by atoms with Crippen LogP contribution in [0.3, 0.4) is 0 Å². The predicted molar refractivity (Wildman–Crippen MR) is 72.7 cm³/mol. The molecule has 1 atom stereocenters. The average Bonchev–Trinajstić information content (AvgIpc) is 2.41. The zero-order valence-electron chi connectivity index (χ0n) is 10.1. The molecule has 1 aliphatic rings. The number of aliphatic carboxylic acids is 1. The van der Waals surface area contributed by atoms with Gasteiger partial charge >= 0.3 is 5.97 Å². The summed E-state index contributed by atoms with van der Waals surface area (Å²) < 4.78 is 0. The first-order valence-electron chi connectivity index (χ1n) is 5.97. The number of amides is 1. The summed E-state index contributed by atoms with van der Waals surface area (Å²) in [6.07, 6.45) is 1.28. The monoisotopic (exact) mass is 301 g/mol. The molecule has 0 radical (unpaired) electrons. The van der Waals surface area contributed by atoms with Gasteiger partial charge in [-0.15, -0.1) is 0 Å². The summed E-state index contributed by atoms with van der Waals surface area (Å²) in [5.41, 5.74) is 0.320. The van der Waals surface area contributed by atoms with Crippen molar-refractivity contribution in [2.45, 2.75) is 12.8 Å². The van der Waals surface area contributed by atoms with Crippen molar-refractivity contribution >= 4 is 35.1 Å². The van der Waals surface area contributed by atoms with Gasteiger partial charge in [-0.1, -0.05) is 29.3 Å². The first-order valence-corrected chi connectivity index (χ1v) is 6.72. The van der Waals surface area contributed by atoms with E-state index in [2.05, 4.69) is 0 Å². The lowest BCUT2D eigenvalue weighted by molar-refractivity contribution is -0.143. The van der Waals surface area contributed by atoms with E-state index in [1.807, 2.05) is 0 Å². The Balaban J connectivity index is 2.19. The minimum Gasteiger partial charge on any atom is -0.481 e. The zero-order chi connectivity index (χ0) is 14.0. The van der Waals surface area contributed by atoms with E-state index in [1.165, 1.54) is 4.90 Å². The molecule has 1 heterocycles. The molecule has 0 bridgehead atoms. The third-order valence-electron chi connectivity index (χ3n) is 3.24. The van der Waals surface area contributed by atoms with Crippen LogP contribution in [0.5, 0.6) is 0 Å². The number of carbonyl (C=O) groups excluding carboxylic acids is 1. The molecule has 4 nitrogen and oxygen atoms in total. The van der Waals surface area contributed by atoms with Gasteiger partial charge in [0.1, 0.15) is 0 Å². The molecule has 1 aliphatic heterocycles. The van der Waals surface area contributed by atoms with Crippen molar-refractivity contribution in [1.29, 1.82) is 0 Å². The van der Waals surface area contributed by atoms with Crippen molar-refractivity contribution in [2.24, 2.45) is 5.92 Å². The van der Waals surface area contributed by atoms with E-state index < -0.39 is 11.9 Å². The Morgan fingerprint density at radius 2 is 2.05 bits per heavy atom. The largest absolute Gasteiger partial charge is 0.481 e. The van der Waals surface area contributed by atoms with Gasteiger partial charge in [0.05, 0.1) is 21.5 Å². The van der Waals surface area contributed by atoms with Crippen LogP contribution < -0.4 is 0 Å². The Morgan fingerprint density at radius 3 is 2.74 bits per heavy atom. The van der Waals surface area contributed by atoms with E-state index in [1.54, 1.807) is 18.2 Å². The van der Waals surface area contributed by atoms with Crippen LogP contribution in [0.1, 0.15) is 23.2 Å². The van der Waals surface area contributed by atoms with Crippen LogP contribution in [0.2, 0.25) is 10.0 Å². The number of hydrogen-bond acceptors (Lipinski definition) is 2. The van der Waals surface area contributed by atoms with Crippen LogP contribution in [0.15, 0.2) is 18.2 Å². The highest BCUT2D eigenvalue weighted by Gasteiger charge is 2.29. The summed E-state index contributed by atoms with van der Waals surface area (Å²) in [5, 5.41) is 9.56. The summed E-state index contributed by atoms with van der Waals surface area (Å²) in [5.74, 6) is -1.64. The highest BCUT2D eigenvalue weighted by Crippen LogP contribution is 2.28. The zero-order valence-corrected chi connectivity index (χ0v) is 11.6. The van der Waals surface area contributed by atoms with E-state index in [4.69, 9.17) is 28.3 Å².